The lowest BCUT2D eigenvalue weighted by Gasteiger charge is -2.30. The van der Waals surface area contributed by atoms with Crippen molar-refractivity contribution in [3.05, 3.63) is 186 Å². The second kappa shape index (κ2) is 11.6. The predicted molar refractivity (Wildman–Crippen MR) is 220 cm³/mol. The average Bonchev–Trinajstić information content (AvgIpc) is 3.59. The number of anilines is 3. The van der Waals surface area contributed by atoms with Gasteiger partial charge in [-0.1, -0.05) is 173 Å². The third kappa shape index (κ3) is 4.67. The molecule has 3 heteroatoms. The van der Waals surface area contributed by atoms with Gasteiger partial charge in [-0.15, -0.1) is 0 Å². The Balaban J connectivity index is 1.27. The standard InChI is InChI=1S/C50H39N3/c1-49(2)38-21-11-8-18-35(38)45-40(49)23-14-26-43(45)53(44-27-15-24-41-46(44)36-19-9-12-22-39(36)50(41,3)4)48-51-42-25-13-10-20-37(42)47(52-48)34-30-28-33(29-31-34)32-16-6-5-7-17-32/h5-31H,1-4H3. The van der Waals surface area contributed by atoms with Crippen LogP contribution in [0.5, 0.6) is 0 Å². The van der Waals surface area contributed by atoms with Crippen LogP contribution in [0.25, 0.3) is 55.5 Å². The summed E-state index contributed by atoms with van der Waals surface area (Å²) in [6.45, 7) is 9.37. The molecule has 0 radical (unpaired) electrons. The van der Waals surface area contributed by atoms with E-state index in [9.17, 15) is 0 Å². The maximum atomic E-state index is 5.58. The lowest BCUT2D eigenvalue weighted by atomic mass is 9.82. The molecule has 0 saturated carbocycles. The Kier molecular flexibility index (Phi) is 6.87. The van der Waals surface area contributed by atoms with Gasteiger partial charge in [-0.25, -0.2) is 9.97 Å². The molecule has 53 heavy (non-hydrogen) atoms. The molecule has 0 atom stereocenters. The van der Waals surface area contributed by atoms with Crippen molar-refractivity contribution >= 4 is 28.2 Å². The molecule has 0 bridgehead atoms. The maximum absolute atomic E-state index is 5.58. The van der Waals surface area contributed by atoms with Crippen LogP contribution in [-0.2, 0) is 10.8 Å². The normalized spacial score (nSPS) is 14.3. The van der Waals surface area contributed by atoms with E-state index in [-0.39, 0.29) is 10.8 Å². The summed E-state index contributed by atoms with van der Waals surface area (Å²) in [5.74, 6) is 0.650. The van der Waals surface area contributed by atoms with Gasteiger partial charge in [-0.05, 0) is 62.7 Å². The first-order valence-corrected chi connectivity index (χ1v) is 18.5. The van der Waals surface area contributed by atoms with Crippen molar-refractivity contribution in [2.24, 2.45) is 0 Å². The van der Waals surface area contributed by atoms with E-state index >= 15 is 0 Å². The molecule has 254 valence electrons. The van der Waals surface area contributed by atoms with E-state index in [1.807, 2.05) is 0 Å². The number of hydrogen-bond acceptors (Lipinski definition) is 3. The van der Waals surface area contributed by atoms with Crippen molar-refractivity contribution < 1.29 is 0 Å². The lowest BCUT2D eigenvalue weighted by Crippen LogP contribution is -2.18. The van der Waals surface area contributed by atoms with Crippen LogP contribution in [0, 0.1) is 0 Å². The Labute approximate surface area is 311 Å². The molecule has 0 saturated heterocycles. The van der Waals surface area contributed by atoms with Gasteiger partial charge in [0.1, 0.15) is 0 Å². The Hall–Kier alpha value is -6.32. The molecule has 0 aliphatic heterocycles. The van der Waals surface area contributed by atoms with Crippen LogP contribution in [0.2, 0.25) is 0 Å². The van der Waals surface area contributed by atoms with Crippen molar-refractivity contribution in [1.82, 2.24) is 9.97 Å². The summed E-state index contributed by atoms with van der Waals surface area (Å²) >= 11 is 0. The number of hydrogen-bond donors (Lipinski definition) is 0. The van der Waals surface area contributed by atoms with Crippen LogP contribution in [0.15, 0.2) is 164 Å². The van der Waals surface area contributed by atoms with E-state index in [2.05, 4.69) is 196 Å². The largest absolute Gasteiger partial charge is 0.278 e. The highest BCUT2D eigenvalue weighted by molar-refractivity contribution is 6.01. The Morgan fingerprint density at radius 3 is 1.47 bits per heavy atom. The van der Waals surface area contributed by atoms with Crippen molar-refractivity contribution in [3.63, 3.8) is 0 Å². The molecule has 0 fully saturated rings. The van der Waals surface area contributed by atoms with Gasteiger partial charge >= 0.3 is 0 Å². The third-order valence-corrected chi connectivity index (χ3v) is 11.7. The topological polar surface area (TPSA) is 29.0 Å². The van der Waals surface area contributed by atoms with E-state index in [1.54, 1.807) is 0 Å². The smallest absolute Gasteiger partial charge is 0.235 e. The minimum absolute atomic E-state index is 0.156. The summed E-state index contributed by atoms with van der Waals surface area (Å²) in [5.41, 5.74) is 17.4. The minimum atomic E-state index is -0.156. The molecular weight excluding hydrogens is 643 g/mol. The molecule has 0 spiro atoms. The first-order valence-electron chi connectivity index (χ1n) is 18.5. The number of fused-ring (bicyclic) bond motifs is 7. The van der Waals surface area contributed by atoms with Crippen LogP contribution in [0.1, 0.15) is 49.9 Å². The molecule has 10 rings (SSSR count). The van der Waals surface area contributed by atoms with Crippen LogP contribution < -0.4 is 4.90 Å². The highest BCUT2D eigenvalue weighted by Crippen LogP contribution is 2.57. The molecule has 7 aromatic carbocycles. The highest BCUT2D eigenvalue weighted by atomic mass is 15.3. The number of aromatic nitrogens is 2. The second-order valence-corrected chi connectivity index (χ2v) is 15.4. The van der Waals surface area contributed by atoms with E-state index in [0.717, 1.165) is 33.5 Å². The number of nitrogens with zero attached hydrogens (tertiary/aromatic N) is 3. The van der Waals surface area contributed by atoms with Crippen LogP contribution in [0.3, 0.4) is 0 Å². The monoisotopic (exact) mass is 681 g/mol. The zero-order valence-corrected chi connectivity index (χ0v) is 30.4. The third-order valence-electron chi connectivity index (χ3n) is 11.7. The number of benzene rings is 7. The first kappa shape index (κ1) is 31.4. The summed E-state index contributed by atoms with van der Waals surface area (Å²) in [5, 5.41) is 1.03. The predicted octanol–water partition coefficient (Wildman–Crippen LogP) is 13.0. The fourth-order valence-corrected chi connectivity index (χ4v) is 9.02. The molecule has 1 heterocycles. The minimum Gasteiger partial charge on any atom is -0.278 e. The van der Waals surface area contributed by atoms with Gasteiger partial charge in [0.15, 0.2) is 0 Å². The summed E-state index contributed by atoms with van der Waals surface area (Å²) in [7, 11) is 0. The van der Waals surface area contributed by atoms with Gasteiger partial charge in [-0.3, -0.25) is 4.90 Å². The fourth-order valence-electron chi connectivity index (χ4n) is 9.02. The summed E-state index contributed by atoms with van der Waals surface area (Å²) in [6.07, 6.45) is 0. The zero-order valence-electron chi connectivity index (χ0n) is 30.4. The van der Waals surface area contributed by atoms with Crippen molar-refractivity contribution in [2.75, 3.05) is 4.90 Å². The van der Waals surface area contributed by atoms with Crippen LogP contribution >= 0.6 is 0 Å². The molecule has 3 nitrogen and oxygen atoms in total. The Bertz CT molecular complexity index is 2620. The fraction of sp³-hybridized carbons (Fsp3) is 0.120. The van der Waals surface area contributed by atoms with Gasteiger partial charge < -0.3 is 0 Å². The molecule has 0 N–H and O–H groups in total. The summed E-state index contributed by atoms with van der Waals surface area (Å²) in [4.78, 5) is 13.4. The van der Waals surface area contributed by atoms with Gasteiger partial charge in [0.05, 0.1) is 22.6 Å². The zero-order chi connectivity index (χ0) is 35.9. The highest BCUT2D eigenvalue weighted by Gasteiger charge is 2.41. The first-order chi connectivity index (χ1) is 25.8. The van der Waals surface area contributed by atoms with Gasteiger partial charge in [-0.2, -0.15) is 0 Å². The summed E-state index contributed by atoms with van der Waals surface area (Å²) < 4.78 is 0. The molecule has 0 amide bonds. The van der Waals surface area contributed by atoms with Gasteiger partial charge in [0.2, 0.25) is 5.95 Å². The quantitative estimate of drug-likeness (QED) is 0.181. The Morgan fingerprint density at radius 1 is 0.396 bits per heavy atom. The molecular formula is C50H39N3. The number of para-hydroxylation sites is 1. The van der Waals surface area contributed by atoms with Gasteiger partial charge in [0.25, 0.3) is 0 Å². The van der Waals surface area contributed by atoms with Crippen LogP contribution in [0.4, 0.5) is 17.3 Å². The van der Waals surface area contributed by atoms with Crippen molar-refractivity contribution in [2.45, 2.75) is 38.5 Å². The Morgan fingerprint density at radius 2 is 0.868 bits per heavy atom. The van der Waals surface area contributed by atoms with E-state index in [0.29, 0.717) is 5.95 Å². The molecule has 0 unspecified atom stereocenters. The van der Waals surface area contributed by atoms with Crippen molar-refractivity contribution in [1.29, 1.82) is 0 Å². The molecule has 8 aromatic rings. The molecule has 2 aliphatic carbocycles. The second-order valence-electron chi connectivity index (χ2n) is 15.4. The SMILES string of the molecule is CC1(C)c2ccccc2-c2c(N(c3nc(-c4ccc(-c5ccccc5)cc4)c4ccccc4n3)c3cccc4c3-c3ccccc3C4(C)C)cccc21. The lowest BCUT2D eigenvalue weighted by molar-refractivity contribution is 0.660. The van der Waals surface area contributed by atoms with E-state index in [4.69, 9.17) is 9.97 Å². The summed E-state index contributed by atoms with van der Waals surface area (Å²) in [6, 6.07) is 59.0. The van der Waals surface area contributed by atoms with Crippen LogP contribution in [-0.4, -0.2) is 9.97 Å². The maximum Gasteiger partial charge on any atom is 0.235 e. The van der Waals surface area contributed by atoms with Crippen molar-refractivity contribution in [3.8, 4) is 44.6 Å². The molecule has 2 aliphatic rings. The average molecular weight is 682 g/mol. The van der Waals surface area contributed by atoms with E-state index < -0.39 is 0 Å². The molecule has 1 aromatic heterocycles. The van der Waals surface area contributed by atoms with E-state index in [1.165, 1.54) is 55.6 Å². The van der Waals surface area contributed by atoms with Gasteiger partial charge in [0, 0.05) is 32.9 Å². The number of rotatable bonds is 5.